The number of rotatable bonds is 7. The molecule has 0 saturated carbocycles. The second kappa shape index (κ2) is 10.4. The first-order valence-electron chi connectivity index (χ1n) is 9.24. The normalized spacial score (nSPS) is 16.3. The number of hydrogen-bond acceptors (Lipinski definition) is 4. The van der Waals surface area contributed by atoms with Crippen LogP contribution in [0.2, 0.25) is 5.02 Å². The van der Waals surface area contributed by atoms with Gasteiger partial charge in [-0.25, -0.2) is 17.6 Å². The number of halogens is 7. The summed E-state index contributed by atoms with van der Waals surface area (Å²) in [6.07, 6.45) is -0.555. The molecule has 1 heterocycles. The molecular weight excluding hydrogens is 468 g/mol. The van der Waals surface area contributed by atoms with Gasteiger partial charge >= 0.3 is 0 Å². The van der Waals surface area contributed by atoms with E-state index in [0.29, 0.717) is 5.56 Å². The summed E-state index contributed by atoms with van der Waals surface area (Å²) in [7, 11) is 0. The molecule has 0 spiro atoms. The SMILES string of the molecule is O=C(COc1c(F)c(F)c(F)c(F)c1F)N1CCO[C@@H](COCc2ccc(F)cc2Cl)C1. The van der Waals surface area contributed by atoms with E-state index < -0.39 is 59.3 Å². The van der Waals surface area contributed by atoms with Crippen molar-refractivity contribution in [3.63, 3.8) is 0 Å². The van der Waals surface area contributed by atoms with Crippen LogP contribution in [0.5, 0.6) is 5.75 Å². The molecule has 32 heavy (non-hydrogen) atoms. The number of morpholine rings is 1. The highest BCUT2D eigenvalue weighted by molar-refractivity contribution is 6.31. The van der Waals surface area contributed by atoms with Crippen LogP contribution in [0.25, 0.3) is 0 Å². The maximum absolute atomic E-state index is 13.6. The lowest BCUT2D eigenvalue weighted by molar-refractivity contribution is -0.143. The second-order valence-corrected chi connectivity index (χ2v) is 7.18. The van der Waals surface area contributed by atoms with E-state index >= 15 is 0 Å². The van der Waals surface area contributed by atoms with Crippen LogP contribution in [-0.4, -0.2) is 49.8 Å². The van der Waals surface area contributed by atoms with E-state index in [1.54, 1.807) is 0 Å². The predicted molar refractivity (Wildman–Crippen MR) is 99.1 cm³/mol. The molecule has 1 saturated heterocycles. The van der Waals surface area contributed by atoms with Crippen molar-refractivity contribution >= 4 is 17.5 Å². The van der Waals surface area contributed by atoms with Crippen LogP contribution < -0.4 is 4.74 Å². The van der Waals surface area contributed by atoms with Crippen molar-refractivity contribution in [1.82, 2.24) is 4.90 Å². The molecule has 0 radical (unpaired) electrons. The molecule has 2 aromatic carbocycles. The summed E-state index contributed by atoms with van der Waals surface area (Å²) < 4.78 is 95.4. The topological polar surface area (TPSA) is 48.0 Å². The van der Waals surface area contributed by atoms with Gasteiger partial charge in [-0.3, -0.25) is 4.79 Å². The Balaban J connectivity index is 1.52. The van der Waals surface area contributed by atoms with Gasteiger partial charge in [0.05, 0.1) is 25.9 Å². The third-order valence-corrected chi connectivity index (χ3v) is 4.93. The Morgan fingerprint density at radius 3 is 2.38 bits per heavy atom. The molecule has 0 unspecified atom stereocenters. The van der Waals surface area contributed by atoms with Gasteiger partial charge in [-0.15, -0.1) is 0 Å². The van der Waals surface area contributed by atoms with Crippen LogP contribution in [-0.2, 0) is 20.9 Å². The van der Waals surface area contributed by atoms with Crippen LogP contribution >= 0.6 is 11.6 Å². The lowest BCUT2D eigenvalue weighted by Gasteiger charge is -2.32. The summed E-state index contributed by atoms with van der Waals surface area (Å²) in [5.74, 6) is -13.8. The second-order valence-electron chi connectivity index (χ2n) is 6.77. The Labute approximate surface area is 183 Å². The fraction of sp³-hybridized carbons (Fsp3) is 0.350. The number of hydrogen-bond donors (Lipinski definition) is 0. The van der Waals surface area contributed by atoms with Gasteiger partial charge in [-0.1, -0.05) is 17.7 Å². The van der Waals surface area contributed by atoms with Crippen molar-refractivity contribution in [1.29, 1.82) is 0 Å². The first kappa shape index (κ1) is 24.1. The van der Waals surface area contributed by atoms with E-state index in [4.69, 9.17) is 21.1 Å². The first-order chi connectivity index (χ1) is 15.2. The van der Waals surface area contributed by atoms with Gasteiger partial charge in [0.15, 0.2) is 12.4 Å². The van der Waals surface area contributed by atoms with Crippen LogP contribution in [0.1, 0.15) is 5.56 Å². The van der Waals surface area contributed by atoms with Crippen LogP contribution in [0.4, 0.5) is 26.3 Å². The Bertz CT molecular complexity index is 980. The van der Waals surface area contributed by atoms with Gasteiger partial charge in [0.1, 0.15) is 5.82 Å². The highest BCUT2D eigenvalue weighted by atomic mass is 35.5. The number of carbonyl (C=O) groups is 1. The predicted octanol–water partition coefficient (Wildman–Crippen LogP) is 4.00. The molecule has 0 aromatic heterocycles. The number of carbonyl (C=O) groups excluding carboxylic acids is 1. The quantitative estimate of drug-likeness (QED) is 0.339. The largest absolute Gasteiger partial charge is 0.477 e. The highest BCUT2D eigenvalue weighted by Crippen LogP contribution is 2.29. The molecule has 1 amide bonds. The number of ether oxygens (including phenoxy) is 3. The highest BCUT2D eigenvalue weighted by Gasteiger charge is 2.29. The Morgan fingerprint density at radius 2 is 1.72 bits per heavy atom. The first-order valence-corrected chi connectivity index (χ1v) is 9.62. The zero-order valence-electron chi connectivity index (χ0n) is 16.3. The zero-order chi connectivity index (χ0) is 23.4. The van der Waals surface area contributed by atoms with Gasteiger partial charge in [-0.05, 0) is 17.7 Å². The summed E-state index contributed by atoms with van der Waals surface area (Å²) in [6, 6.07) is 3.83. The van der Waals surface area contributed by atoms with Crippen LogP contribution in [0, 0.1) is 34.9 Å². The van der Waals surface area contributed by atoms with Crippen molar-refractivity contribution in [2.24, 2.45) is 0 Å². The number of amides is 1. The van der Waals surface area contributed by atoms with Crippen LogP contribution in [0.3, 0.4) is 0 Å². The number of benzene rings is 2. The van der Waals surface area contributed by atoms with Crippen molar-refractivity contribution in [2.75, 3.05) is 32.9 Å². The molecule has 1 fully saturated rings. The van der Waals surface area contributed by atoms with Gasteiger partial charge in [0, 0.05) is 18.1 Å². The molecule has 1 atom stereocenters. The fourth-order valence-electron chi connectivity index (χ4n) is 2.92. The molecule has 0 bridgehead atoms. The van der Waals surface area contributed by atoms with E-state index in [-0.39, 0.29) is 37.9 Å². The Morgan fingerprint density at radius 1 is 1.06 bits per heavy atom. The molecule has 1 aliphatic rings. The smallest absolute Gasteiger partial charge is 0.260 e. The lowest BCUT2D eigenvalue weighted by atomic mass is 10.2. The summed E-state index contributed by atoms with van der Waals surface area (Å²) in [5.41, 5.74) is 0.549. The van der Waals surface area contributed by atoms with Crippen molar-refractivity contribution in [2.45, 2.75) is 12.7 Å². The monoisotopic (exact) mass is 483 g/mol. The summed E-state index contributed by atoms with van der Waals surface area (Å²) in [5, 5.41) is 0.191. The molecule has 174 valence electrons. The third-order valence-electron chi connectivity index (χ3n) is 4.58. The minimum atomic E-state index is -2.32. The minimum absolute atomic E-state index is 0.0381. The molecule has 3 rings (SSSR count). The maximum Gasteiger partial charge on any atom is 0.260 e. The minimum Gasteiger partial charge on any atom is -0.477 e. The number of nitrogens with zero attached hydrogens (tertiary/aromatic N) is 1. The standard InChI is InChI=1S/C20H16ClF6NO4/c21-13-5-11(22)2-1-10(13)7-30-8-12-6-28(3-4-31-12)14(29)9-32-20-18(26)16(24)15(23)17(25)19(20)27/h1-2,5,12H,3-4,6-9H2/t12-/m1/s1. The van der Waals surface area contributed by atoms with Gasteiger partial charge in [-0.2, -0.15) is 8.78 Å². The van der Waals surface area contributed by atoms with Gasteiger partial charge in [0.25, 0.3) is 5.91 Å². The zero-order valence-corrected chi connectivity index (χ0v) is 17.0. The molecule has 12 heteroatoms. The molecular formula is C20H16ClF6NO4. The molecule has 1 aliphatic heterocycles. The van der Waals surface area contributed by atoms with Crippen molar-refractivity contribution in [3.05, 3.63) is 63.7 Å². The van der Waals surface area contributed by atoms with Gasteiger partial charge < -0.3 is 19.1 Å². The lowest BCUT2D eigenvalue weighted by Crippen LogP contribution is -2.48. The Hall–Kier alpha value is -2.50. The molecule has 5 nitrogen and oxygen atoms in total. The van der Waals surface area contributed by atoms with Gasteiger partial charge in [0.2, 0.25) is 29.1 Å². The van der Waals surface area contributed by atoms with E-state index in [9.17, 15) is 31.1 Å². The summed E-state index contributed by atoms with van der Waals surface area (Å²) >= 11 is 5.91. The van der Waals surface area contributed by atoms with Crippen LogP contribution in [0.15, 0.2) is 18.2 Å². The summed E-state index contributed by atoms with van der Waals surface area (Å²) in [4.78, 5) is 13.5. The third kappa shape index (κ3) is 5.45. The molecule has 2 aromatic rings. The van der Waals surface area contributed by atoms with Crippen molar-refractivity contribution < 1.29 is 45.3 Å². The summed E-state index contributed by atoms with van der Waals surface area (Å²) in [6.45, 7) is -0.543. The average Bonchev–Trinajstić information content (AvgIpc) is 2.78. The fourth-order valence-corrected chi connectivity index (χ4v) is 3.14. The van der Waals surface area contributed by atoms with E-state index in [2.05, 4.69) is 4.74 Å². The molecule has 0 aliphatic carbocycles. The maximum atomic E-state index is 13.6. The van der Waals surface area contributed by atoms with E-state index in [1.165, 1.54) is 17.0 Å². The van der Waals surface area contributed by atoms with E-state index in [0.717, 1.165) is 6.07 Å². The van der Waals surface area contributed by atoms with Crippen molar-refractivity contribution in [3.8, 4) is 5.75 Å². The average molecular weight is 484 g/mol. The Kier molecular flexibility index (Phi) is 7.86. The van der Waals surface area contributed by atoms with E-state index in [1.807, 2.05) is 0 Å². The molecule has 0 N–H and O–H groups in total.